The summed E-state index contributed by atoms with van der Waals surface area (Å²) in [5.41, 5.74) is 2.63. The molecule has 0 unspecified atom stereocenters. The monoisotopic (exact) mass is 551 g/mol. The highest BCUT2D eigenvalue weighted by Gasteiger charge is 2.27. The van der Waals surface area contributed by atoms with Gasteiger partial charge in [0.15, 0.2) is 0 Å². The van der Waals surface area contributed by atoms with Gasteiger partial charge in [-0.3, -0.25) is 9.69 Å². The van der Waals surface area contributed by atoms with E-state index in [1.54, 1.807) is 66.7 Å². The third-order valence-corrected chi connectivity index (χ3v) is 7.62. The van der Waals surface area contributed by atoms with Crippen LogP contribution < -0.4 is 4.74 Å². The molecule has 41 heavy (non-hydrogen) atoms. The minimum absolute atomic E-state index is 0.0940. The first-order valence-electron chi connectivity index (χ1n) is 13.6. The van der Waals surface area contributed by atoms with E-state index in [-0.39, 0.29) is 17.6 Å². The smallest absolute Gasteiger partial charge is 0.335 e. The van der Waals surface area contributed by atoms with Crippen LogP contribution in [0.3, 0.4) is 0 Å². The molecule has 0 spiro atoms. The highest BCUT2D eigenvalue weighted by atomic mass is 16.5. The summed E-state index contributed by atoms with van der Waals surface area (Å²) >= 11 is 0. The number of carboxylic acid groups (broad SMARTS) is 1. The van der Waals surface area contributed by atoms with Crippen molar-refractivity contribution in [2.75, 3.05) is 32.8 Å². The van der Waals surface area contributed by atoms with Crippen molar-refractivity contribution < 1.29 is 24.2 Å². The summed E-state index contributed by atoms with van der Waals surface area (Å²) in [5.74, 6) is 0.585. The molecule has 10 nitrogen and oxygen atoms in total. The van der Waals surface area contributed by atoms with Crippen LogP contribution in [-0.2, 0) is 17.8 Å². The largest absolute Gasteiger partial charge is 0.478 e. The first-order chi connectivity index (χ1) is 20.0. The van der Waals surface area contributed by atoms with Gasteiger partial charge in [0, 0.05) is 32.8 Å². The van der Waals surface area contributed by atoms with E-state index in [2.05, 4.69) is 15.5 Å². The van der Waals surface area contributed by atoms with Crippen molar-refractivity contribution in [1.29, 1.82) is 5.26 Å². The molecule has 2 aliphatic heterocycles. The van der Waals surface area contributed by atoms with Crippen molar-refractivity contribution in [1.82, 2.24) is 19.4 Å². The molecule has 2 aliphatic rings. The molecular weight excluding hydrogens is 522 g/mol. The van der Waals surface area contributed by atoms with Crippen LogP contribution in [-0.4, -0.2) is 75.2 Å². The Kier molecular flexibility index (Phi) is 7.37. The van der Waals surface area contributed by atoms with Crippen LogP contribution >= 0.6 is 0 Å². The van der Waals surface area contributed by atoms with E-state index in [0.29, 0.717) is 61.9 Å². The van der Waals surface area contributed by atoms with E-state index in [1.807, 2.05) is 4.90 Å². The van der Waals surface area contributed by atoms with Crippen LogP contribution in [0.25, 0.3) is 11.0 Å². The van der Waals surface area contributed by atoms with Crippen LogP contribution in [0.5, 0.6) is 11.5 Å². The number of aromatic carboxylic acids is 1. The van der Waals surface area contributed by atoms with E-state index in [1.165, 1.54) is 0 Å². The maximum absolute atomic E-state index is 13.5. The predicted molar refractivity (Wildman–Crippen MR) is 150 cm³/mol. The van der Waals surface area contributed by atoms with Crippen LogP contribution in [0.1, 0.15) is 38.5 Å². The van der Waals surface area contributed by atoms with Gasteiger partial charge in [0.05, 0.1) is 46.9 Å². The van der Waals surface area contributed by atoms with Crippen LogP contribution in [0.15, 0.2) is 66.7 Å². The number of rotatable bonds is 8. The summed E-state index contributed by atoms with van der Waals surface area (Å²) in [6.07, 6.45) is 1.06. The second-order valence-electron chi connectivity index (χ2n) is 10.2. The molecule has 3 heterocycles. The van der Waals surface area contributed by atoms with E-state index in [4.69, 9.17) is 14.5 Å². The fourth-order valence-electron chi connectivity index (χ4n) is 5.24. The zero-order valence-electron chi connectivity index (χ0n) is 22.4. The second kappa shape index (κ2) is 11.4. The molecular formula is C31H29N5O5. The number of hydrogen-bond donors (Lipinski definition) is 1. The Morgan fingerprint density at radius 1 is 1.02 bits per heavy atom. The molecule has 208 valence electrons. The van der Waals surface area contributed by atoms with E-state index in [0.717, 1.165) is 29.9 Å². The first kappa shape index (κ1) is 26.5. The van der Waals surface area contributed by atoms with Crippen molar-refractivity contribution in [2.45, 2.75) is 25.6 Å². The Balaban J connectivity index is 1.16. The maximum Gasteiger partial charge on any atom is 0.335 e. The van der Waals surface area contributed by atoms with Crippen molar-refractivity contribution in [3.63, 3.8) is 0 Å². The lowest BCUT2D eigenvalue weighted by atomic mass is 10.1. The molecule has 0 saturated carbocycles. The SMILES string of the molecule is N#Cc1ccccc1Oc1ccccc1C(=O)N1CCN(Cc2nc3ccc(C(=O)O)cc3n2C[C@@H]2CCO2)CC1. The minimum Gasteiger partial charge on any atom is -0.478 e. The molecule has 2 fully saturated rings. The number of aromatic nitrogens is 2. The van der Waals surface area contributed by atoms with Crippen molar-refractivity contribution >= 4 is 22.9 Å². The fourth-order valence-corrected chi connectivity index (χ4v) is 5.24. The number of carbonyl (C=O) groups excluding carboxylic acids is 1. The molecule has 4 aromatic rings. The Hall–Kier alpha value is -4.72. The van der Waals surface area contributed by atoms with Crippen molar-refractivity contribution in [3.05, 3.63) is 89.2 Å². The molecule has 0 bridgehead atoms. The third kappa shape index (κ3) is 5.50. The molecule has 2 saturated heterocycles. The van der Waals surface area contributed by atoms with Gasteiger partial charge in [-0.05, 0) is 48.9 Å². The standard InChI is InChI=1S/C31H29N5O5/c32-18-22-5-1-3-7-27(22)41-28-8-4-2-6-24(28)30(37)35-14-12-34(13-15-35)20-29-33-25-10-9-21(31(38)39)17-26(25)36(29)19-23-11-16-40-23/h1-10,17,23H,11-16,19-20H2,(H,38,39)/t23-/m0/s1. The zero-order valence-corrected chi connectivity index (χ0v) is 22.4. The molecule has 1 aromatic heterocycles. The summed E-state index contributed by atoms with van der Waals surface area (Å²) in [6.45, 7) is 4.34. The number of ether oxygens (including phenoxy) is 2. The number of fused-ring (bicyclic) bond motifs is 1. The molecule has 3 aromatic carbocycles. The number of piperazine rings is 1. The third-order valence-electron chi connectivity index (χ3n) is 7.62. The van der Waals surface area contributed by atoms with Gasteiger partial charge in [-0.1, -0.05) is 24.3 Å². The van der Waals surface area contributed by atoms with Gasteiger partial charge >= 0.3 is 5.97 Å². The first-order valence-corrected chi connectivity index (χ1v) is 13.6. The van der Waals surface area contributed by atoms with Gasteiger partial charge in [-0.2, -0.15) is 5.26 Å². The summed E-state index contributed by atoms with van der Waals surface area (Å²) in [4.78, 5) is 34.0. The highest BCUT2D eigenvalue weighted by Crippen LogP contribution is 2.29. The molecule has 0 aliphatic carbocycles. The van der Waals surface area contributed by atoms with Crippen molar-refractivity contribution in [2.24, 2.45) is 0 Å². The fraction of sp³-hybridized carbons (Fsp3) is 0.290. The Morgan fingerprint density at radius 3 is 2.46 bits per heavy atom. The van der Waals surface area contributed by atoms with Gasteiger partial charge in [-0.15, -0.1) is 0 Å². The number of imidazole rings is 1. The lowest BCUT2D eigenvalue weighted by Gasteiger charge is -2.35. The van der Waals surface area contributed by atoms with E-state index < -0.39 is 5.97 Å². The lowest BCUT2D eigenvalue weighted by molar-refractivity contribution is -0.0592. The van der Waals surface area contributed by atoms with E-state index in [9.17, 15) is 20.0 Å². The number of nitriles is 1. The number of hydrogen-bond acceptors (Lipinski definition) is 7. The minimum atomic E-state index is -0.969. The van der Waals surface area contributed by atoms with E-state index >= 15 is 0 Å². The Bertz CT molecular complexity index is 1650. The molecule has 1 N–H and O–H groups in total. The zero-order chi connectivity index (χ0) is 28.3. The van der Waals surface area contributed by atoms with Crippen molar-refractivity contribution in [3.8, 4) is 17.6 Å². The molecule has 10 heteroatoms. The summed E-state index contributed by atoms with van der Waals surface area (Å²) in [5, 5.41) is 18.9. The topological polar surface area (TPSA) is 121 Å². The number of nitrogens with zero attached hydrogens (tertiary/aromatic N) is 5. The van der Waals surface area contributed by atoms with Gasteiger partial charge in [-0.25, -0.2) is 9.78 Å². The average Bonchev–Trinajstić information content (AvgIpc) is 3.31. The Morgan fingerprint density at radius 2 is 1.76 bits per heavy atom. The van der Waals surface area contributed by atoms with Gasteiger partial charge in [0.25, 0.3) is 5.91 Å². The summed E-state index contributed by atoms with van der Waals surface area (Å²) < 4.78 is 13.8. The number of amides is 1. The summed E-state index contributed by atoms with van der Waals surface area (Å²) in [7, 11) is 0. The van der Waals surface area contributed by atoms with Crippen LogP contribution in [0, 0.1) is 11.3 Å². The van der Waals surface area contributed by atoms with Gasteiger partial charge in [0.1, 0.15) is 23.4 Å². The summed E-state index contributed by atoms with van der Waals surface area (Å²) in [6, 6.07) is 21.2. The molecule has 1 atom stereocenters. The predicted octanol–water partition coefficient (Wildman–Crippen LogP) is 4.15. The van der Waals surface area contributed by atoms with Gasteiger partial charge in [0.2, 0.25) is 0 Å². The lowest BCUT2D eigenvalue weighted by Crippen LogP contribution is -2.48. The molecule has 6 rings (SSSR count). The van der Waals surface area contributed by atoms with Gasteiger partial charge < -0.3 is 24.0 Å². The average molecular weight is 552 g/mol. The van der Waals surface area contributed by atoms with Crippen LogP contribution in [0.2, 0.25) is 0 Å². The number of carboxylic acids is 1. The highest BCUT2D eigenvalue weighted by molar-refractivity contribution is 5.97. The normalized spacial score (nSPS) is 17.1. The molecule has 0 radical (unpaired) electrons. The molecule has 1 amide bonds. The maximum atomic E-state index is 13.5. The quantitative estimate of drug-likeness (QED) is 0.347. The van der Waals surface area contributed by atoms with Crippen LogP contribution in [0.4, 0.5) is 0 Å². The number of benzene rings is 3. The Labute approximate surface area is 236 Å². The second-order valence-corrected chi connectivity index (χ2v) is 10.2. The number of carbonyl (C=O) groups is 2. The number of para-hydroxylation sites is 2.